The first-order valence-corrected chi connectivity index (χ1v) is 10.4. The van der Waals surface area contributed by atoms with Gasteiger partial charge in [0.2, 0.25) is 11.8 Å². The monoisotopic (exact) mass is 406 g/mol. The van der Waals surface area contributed by atoms with Gasteiger partial charge in [0.05, 0.1) is 17.4 Å². The van der Waals surface area contributed by atoms with Crippen LogP contribution in [0.15, 0.2) is 48.5 Å². The van der Waals surface area contributed by atoms with Gasteiger partial charge >= 0.3 is 6.03 Å². The van der Waals surface area contributed by atoms with E-state index in [1.165, 1.54) is 16.0 Å². The summed E-state index contributed by atoms with van der Waals surface area (Å²) in [5.74, 6) is -0.232. The molecule has 0 radical (unpaired) electrons. The first-order valence-electron chi connectivity index (χ1n) is 10.4. The number of urea groups is 1. The Kier molecular flexibility index (Phi) is 5.97. The Morgan fingerprint density at radius 3 is 2.80 bits per heavy atom. The fraction of sp³-hybridized carbons (Fsp3) is 0.348. The molecule has 1 atom stereocenters. The van der Waals surface area contributed by atoms with E-state index in [0.29, 0.717) is 30.8 Å². The SMILES string of the molecule is O=C1CN(C(=O)NCCCC(=O)NC2CCCc3ccccc32)c2ccccc2N1. The zero-order valence-electron chi connectivity index (χ0n) is 16.8. The highest BCUT2D eigenvalue weighted by Crippen LogP contribution is 2.30. The van der Waals surface area contributed by atoms with E-state index >= 15 is 0 Å². The average Bonchev–Trinajstić information content (AvgIpc) is 2.76. The lowest BCUT2D eigenvalue weighted by Gasteiger charge is -2.29. The van der Waals surface area contributed by atoms with Gasteiger partial charge in [-0.15, -0.1) is 0 Å². The molecule has 0 saturated carbocycles. The molecule has 1 heterocycles. The molecule has 0 spiro atoms. The Hall–Kier alpha value is -3.35. The van der Waals surface area contributed by atoms with Crippen molar-refractivity contribution in [1.29, 1.82) is 0 Å². The Balaban J connectivity index is 1.24. The summed E-state index contributed by atoms with van der Waals surface area (Å²) in [6.07, 6.45) is 3.97. The van der Waals surface area contributed by atoms with Crippen molar-refractivity contribution in [3.05, 3.63) is 59.7 Å². The lowest BCUT2D eigenvalue weighted by atomic mass is 9.87. The van der Waals surface area contributed by atoms with Gasteiger partial charge in [-0.3, -0.25) is 14.5 Å². The molecule has 0 fully saturated rings. The zero-order valence-corrected chi connectivity index (χ0v) is 16.8. The van der Waals surface area contributed by atoms with E-state index in [9.17, 15) is 14.4 Å². The summed E-state index contributed by atoms with van der Waals surface area (Å²) in [4.78, 5) is 38.2. The van der Waals surface area contributed by atoms with Crippen LogP contribution in [0.25, 0.3) is 0 Å². The number of nitrogens with one attached hydrogen (secondary N) is 3. The molecule has 2 aromatic carbocycles. The maximum Gasteiger partial charge on any atom is 0.322 e. The maximum atomic E-state index is 12.5. The van der Waals surface area contributed by atoms with Crippen molar-refractivity contribution in [2.24, 2.45) is 0 Å². The maximum absolute atomic E-state index is 12.5. The van der Waals surface area contributed by atoms with E-state index in [-0.39, 0.29) is 30.4 Å². The lowest BCUT2D eigenvalue weighted by Crippen LogP contribution is -2.47. The predicted molar refractivity (Wildman–Crippen MR) is 115 cm³/mol. The van der Waals surface area contributed by atoms with Crippen LogP contribution in [0.4, 0.5) is 16.2 Å². The smallest absolute Gasteiger partial charge is 0.322 e. The van der Waals surface area contributed by atoms with Gasteiger partial charge in [0.15, 0.2) is 0 Å². The summed E-state index contributed by atoms with van der Waals surface area (Å²) in [5.41, 5.74) is 3.82. The summed E-state index contributed by atoms with van der Waals surface area (Å²) in [5, 5.41) is 8.71. The second-order valence-electron chi connectivity index (χ2n) is 7.70. The number of carbonyl (C=O) groups excluding carboxylic acids is 3. The van der Waals surface area contributed by atoms with Gasteiger partial charge in [-0.05, 0) is 48.9 Å². The van der Waals surface area contributed by atoms with Crippen molar-refractivity contribution >= 4 is 29.2 Å². The second-order valence-corrected chi connectivity index (χ2v) is 7.70. The summed E-state index contributed by atoms with van der Waals surface area (Å²) in [7, 11) is 0. The molecule has 1 aliphatic carbocycles. The third kappa shape index (κ3) is 4.45. The van der Waals surface area contributed by atoms with Crippen LogP contribution in [0.2, 0.25) is 0 Å². The molecule has 1 unspecified atom stereocenters. The Labute approximate surface area is 175 Å². The highest BCUT2D eigenvalue weighted by Gasteiger charge is 2.26. The highest BCUT2D eigenvalue weighted by molar-refractivity contribution is 6.09. The van der Waals surface area contributed by atoms with Gasteiger partial charge in [0.1, 0.15) is 6.54 Å². The van der Waals surface area contributed by atoms with E-state index in [0.717, 1.165) is 19.3 Å². The van der Waals surface area contributed by atoms with Crippen LogP contribution in [0.5, 0.6) is 0 Å². The standard InChI is InChI=1S/C23H26N4O3/c28-21(25-18-11-5-8-16-7-1-2-9-17(16)18)13-6-14-24-23(30)27-15-22(29)26-19-10-3-4-12-20(19)27/h1-4,7,9-10,12,18H,5-6,8,11,13-15H2,(H,24,30)(H,25,28)(H,26,29). The van der Waals surface area contributed by atoms with Gasteiger partial charge < -0.3 is 16.0 Å². The van der Waals surface area contributed by atoms with Crippen LogP contribution in [-0.4, -0.2) is 30.9 Å². The molecule has 2 aliphatic rings. The molecule has 7 heteroatoms. The van der Waals surface area contributed by atoms with Crippen molar-refractivity contribution in [3.63, 3.8) is 0 Å². The van der Waals surface area contributed by atoms with Crippen LogP contribution < -0.4 is 20.9 Å². The Morgan fingerprint density at radius 1 is 1.10 bits per heavy atom. The minimum Gasteiger partial charge on any atom is -0.349 e. The number of rotatable bonds is 5. The normalized spacial score (nSPS) is 17.4. The van der Waals surface area contributed by atoms with Crippen molar-refractivity contribution in [2.45, 2.75) is 38.1 Å². The molecule has 0 aromatic heterocycles. The third-order valence-electron chi connectivity index (χ3n) is 5.58. The predicted octanol–water partition coefficient (Wildman–Crippen LogP) is 3.13. The molecule has 0 bridgehead atoms. The number of hydrogen-bond donors (Lipinski definition) is 3. The molecule has 7 nitrogen and oxygen atoms in total. The van der Waals surface area contributed by atoms with Crippen LogP contribution in [-0.2, 0) is 16.0 Å². The summed E-state index contributed by atoms with van der Waals surface area (Å²) in [6.45, 7) is 0.345. The van der Waals surface area contributed by atoms with E-state index in [2.05, 4.69) is 28.1 Å². The number of amides is 4. The van der Waals surface area contributed by atoms with Crippen molar-refractivity contribution in [2.75, 3.05) is 23.3 Å². The molecule has 3 N–H and O–H groups in total. The first-order chi connectivity index (χ1) is 14.6. The minimum absolute atomic E-state index is 0.00588. The number of fused-ring (bicyclic) bond motifs is 2. The summed E-state index contributed by atoms with van der Waals surface area (Å²) >= 11 is 0. The molecular formula is C23H26N4O3. The summed E-state index contributed by atoms with van der Waals surface area (Å²) < 4.78 is 0. The Morgan fingerprint density at radius 2 is 1.90 bits per heavy atom. The van der Waals surface area contributed by atoms with Gasteiger partial charge in [0, 0.05) is 13.0 Å². The molecule has 1 aliphatic heterocycles. The van der Waals surface area contributed by atoms with Gasteiger partial charge in [-0.2, -0.15) is 0 Å². The van der Waals surface area contributed by atoms with Crippen LogP contribution in [0.3, 0.4) is 0 Å². The minimum atomic E-state index is -0.334. The van der Waals surface area contributed by atoms with Gasteiger partial charge in [0.25, 0.3) is 0 Å². The lowest BCUT2D eigenvalue weighted by molar-refractivity contribution is -0.122. The second kappa shape index (κ2) is 8.98. The van der Waals surface area contributed by atoms with E-state index in [4.69, 9.17) is 0 Å². The van der Waals surface area contributed by atoms with Crippen LogP contribution in [0, 0.1) is 0 Å². The van der Waals surface area contributed by atoms with Crippen LogP contribution >= 0.6 is 0 Å². The van der Waals surface area contributed by atoms with E-state index in [1.807, 2.05) is 24.3 Å². The number of nitrogens with zero attached hydrogens (tertiary/aromatic N) is 1. The molecule has 4 amide bonds. The molecule has 4 rings (SSSR count). The van der Waals surface area contributed by atoms with Gasteiger partial charge in [-0.1, -0.05) is 36.4 Å². The van der Waals surface area contributed by atoms with Gasteiger partial charge in [-0.25, -0.2) is 4.79 Å². The topological polar surface area (TPSA) is 90.5 Å². The van der Waals surface area contributed by atoms with Crippen molar-refractivity contribution < 1.29 is 14.4 Å². The fourth-order valence-corrected chi connectivity index (χ4v) is 4.12. The van der Waals surface area contributed by atoms with E-state index in [1.54, 1.807) is 12.1 Å². The number of anilines is 2. The largest absolute Gasteiger partial charge is 0.349 e. The quantitative estimate of drug-likeness (QED) is 0.667. The fourth-order valence-electron chi connectivity index (χ4n) is 4.12. The number of carbonyl (C=O) groups is 3. The number of benzene rings is 2. The Bertz CT molecular complexity index is 959. The third-order valence-corrected chi connectivity index (χ3v) is 5.58. The first kappa shape index (κ1) is 19.9. The molecule has 2 aromatic rings. The van der Waals surface area contributed by atoms with Crippen LogP contribution in [0.1, 0.15) is 42.9 Å². The molecule has 30 heavy (non-hydrogen) atoms. The molecular weight excluding hydrogens is 380 g/mol. The number of hydrogen-bond acceptors (Lipinski definition) is 3. The zero-order chi connectivity index (χ0) is 20.9. The van der Waals surface area contributed by atoms with E-state index < -0.39 is 0 Å². The highest BCUT2D eigenvalue weighted by atomic mass is 16.2. The average molecular weight is 406 g/mol. The van der Waals surface area contributed by atoms with Crippen molar-refractivity contribution in [1.82, 2.24) is 10.6 Å². The molecule has 0 saturated heterocycles. The molecule has 156 valence electrons. The summed E-state index contributed by atoms with van der Waals surface area (Å²) in [6, 6.07) is 15.2. The number of aryl methyl sites for hydroxylation is 1. The number of para-hydroxylation sites is 2. The van der Waals surface area contributed by atoms with Crippen molar-refractivity contribution in [3.8, 4) is 0 Å².